The molecule has 0 aliphatic carbocycles. The summed E-state index contributed by atoms with van der Waals surface area (Å²) in [5, 5.41) is 9.25. The van der Waals surface area contributed by atoms with E-state index in [1.54, 1.807) is 28.0 Å². The third-order valence-electron chi connectivity index (χ3n) is 5.45. The molecule has 2 amide bonds. The molecule has 1 unspecified atom stereocenters. The Morgan fingerprint density at radius 2 is 1.77 bits per heavy atom. The summed E-state index contributed by atoms with van der Waals surface area (Å²) in [5.41, 5.74) is -0.470. The van der Waals surface area contributed by atoms with Crippen LogP contribution in [0.3, 0.4) is 0 Å². The number of hydrogen-bond acceptors (Lipinski definition) is 5. The van der Waals surface area contributed by atoms with Crippen molar-refractivity contribution in [2.24, 2.45) is 0 Å². The second-order valence-corrected chi connectivity index (χ2v) is 6.75. The van der Waals surface area contributed by atoms with E-state index in [0.717, 1.165) is 12.8 Å². The lowest BCUT2D eigenvalue weighted by atomic mass is 9.85. The van der Waals surface area contributed by atoms with Crippen molar-refractivity contribution in [3.8, 4) is 11.5 Å². The van der Waals surface area contributed by atoms with Gasteiger partial charge in [-0.2, -0.15) is 0 Å². The van der Waals surface area contributed by atoms with Gasteiger partial charge in [0.25, 0.3) is 5.91 Å². The van der Waals surface area contributed by atoms with Gasteiger partial charge in [0.2, 0.25) is 5.91 Å². The Bertz CT molecular complexity index is 668. The molecule has 142 valence electrons. The maximum Gasteiger partial charge on any atom is 0.262 e. The highest BCUT2D eigenvalue weighted by Gasteiger charge is 2.53. The predicted molar refractivity (Wildman–Crippen MR) is 95.4 cm³/mol. The summed E-state index contributed by atoms with van der Waals surface area (Å²) >= 11 is 0. The number of carbonyl (C=O) groups excluding carboxylic acids is 2. The first-order valence-corrected chi connectivity index (χ1v) is 9.02. The van der Waals surface area contributed by atoms with Crippen LogP contribution < -0.4 is 9.47 Å². The third kappa shape index (κ3) is 2.90. The Balaban J connectivity index is 1.98. The minimum absolute atomic E-state index is 0.0579. The Morgan fingerprint density at radius 1 is 1.15 bits per heavy atom. The van der Waals surface area contributed by atoms with E-state index in [-0.39, 0.29) is 18.4 Å². The molecule has 0 bridgehead atoms. The molecular formula is C19H26N2O5. The van der Waals surface area contributed by atoms with E-state index in [1.807, 2.05) is 0 Å². The van der Waals surface area contributed by atoms with Gasteiger partial charge in [-0.1, -0.05) is 6.07 Å². The van der Waals surface area contributed by atoms with Gasteiger partial charge in [-0.25, -0.2) is 0 Å². The summed E-state index contributed by atoms with van der Waals surface area (Å²) in [6.07, 6.45) is 2.90. The van der Waals surface area contributed by atoms with E-state index in [1.165, 1.54) is 14.2 Å². The van der Waals surface area contributed by atoms with Crippen LogP contribution >= 0.6 is 0 Å². The summed E-state index contributed by atoms with van der Waals surface area (Å²) in [5.74, 6) is 0.576. The first-order chi connectivity index (χ1) is 12.6. The zero-order valence-electron chi connectivity index (χ0n) is 15.4. The quantitative estimate of drug-likeness (QED) is 0.854. The van der Waals surface area contributed by atoms with E-state index in [0.29, 0.717) is 49.5 Å². The molecule has 0 saturated carbocycles. The van der Waals surface area contributed by atoms with Gasteiger partial charge in [0.05, 0.1) is 20.8 Å². The zero-order valence-corrected chi connectivity index (χ0v) is 15.4. The predicted octanol–water partition coefficient (Wildman–Crippen LogP) is 1.29. The van der Waals surface area contributed by atoms with E-state index >= 15 is 0 Å². The number of nitrogens with zero attached hydrogens (tertiary/aromatic N) is 2. The molecule has 1 aromatic rings. The Labute approximate surface area is 153 Å². The highest BCUT2D eigenvalue weighted by atomic mass is 16.5. The topological polar surface area (TPSA) is 79.3 Å². The lowest BCUT2D eigenvalue weighted by Gasteiger charge is -2.44. The maximum absolute atomic E-state index is 13.4. The second kappa shape index (κ2) is 7.53. The lowest BCUT2D eigenvalue weighted by Crippen LogP contribution is -2.61. The van der Waals surface area contributed by atoms with Gasteiger partial charge in [-0.15, -0.1) is 0 Å². The monoisotopic (exact) mass is 362 g/mol. The fraction of sp³-hybridized carbons (Fsp3) is 0.579. The molecule has 0 radical (unpaired) electrons. The molecule has 0 aromatic heterocycles. The van der Waals surface area contributed by atoms with Gasteiger partial charge in [-0.3, -0.25) is 9.59 Å². The molecule has 2 heterocycles. The normalized spacial score (nSPS) is 22.8. The number of β-amino-alcohol motifs (C(OH)–C–C–N with tert-alkyl or cyclic N) is 1. The smallest absolute Gasteiger partial charge is 0.262 e. The number of hydrogen-bond donors (Lipinski definition) is 1. The maximum atomic E-state index is 13.4. The average molecular weight is 362 g/mol. The van der Waals surface area contributed by atoms with Gasteiger partial charge < -0.3 is 24.4 Å². The van der Waals surface area contributed by atoms with Gasteiger partial charge in [0.15, 0.2) is 0 Å². The molecule has 2 aliphatic rings. The van der Waals surface area contributed by atoms with Crippen LogP contribution in [0.15, 0.2) is 18.2 Å². The van der Waals surface area contributed by atoms with Crippen molar-refractivity contribution in [2.45, 2.75) is 31.2 Å². The van der Waals surface area contributed by atoms with Crippen molar-refractivity contribution in [3.63, 3.8) is 0 Å². The molecule has 7 heteroatoms. The number of aliphatic hydroxyl groups excluding tert-OH is 1. The fourth-order valence-electron chi connectivity index (χ4n) is 4.25. The fourth-order valence-corrected chi connectivity index (χ4v) is 4.25. The highest BCUT2D eigenvalue weighted by Crippen LogP contribution is 2.41. The number of carbonyl (C=O) groups is 2. The number of benzene rings is 1. The van der Waals surface area contributed by atoms with Crippen LogP contribution in [0.1, 0.15) is 36.0 Å². The van der Waals surface area contributed by atoms with Crippen LogP contribution in [0.25, 0.3) is 0 Å². The molecule has 2 aliphatic heterocycles. The number of aliphatic hydroxyl groups is 1. The standard InChI is InChI=1S/C19H26N2O5/c1-25-14-6-3-7-15(26-2)16(14)17(23)21-11-5-9-19(21)8-4-10-20(12-13-22)18(19)24/h3,6-7,22H,4-5,8-13H2,1-2H3. The zero-order chi connectivity index (χ0) is 18.7. The molecule has 1 spiro atoms. The van der Waals surface area contributed by atoms with Gasteiger partial charge >= 0.3 is 0 Å². The van der Waals surface area contributed by atoms with Crippen molar-refractivity contribution >= 4 is 11.8 Å². The molecule has 3 rings (SSSR count). The number of ether oxygens (including phenoxy) is 2. The first kappa shape index (κ1) is 18.5. The second-order valence-electron chi connectivity index (χ2n) is 6.75. The van der Waals surface area contributed by atoms with Crippen LogP contribution in [0.5, 0.6) is 11.5 Å². The summed E-state index contributed by atoms with van der Waals surface area (Å²) < 4.78 is 10.7. The average Bonchev–Trinajstić information content (AvgIpc) is 3.08. The van der Waals surface area contributed by atoms with Crippen molar-refractivity contribution < 1.29 is 24.2 Å². The number of piperidine rings is 1. The number of amides is 2. The molecule has 1 aromatic carbocycles. The van der Waals surface area contributed by atoms with Gasteiger partial charge in [0, 0.05) is 19.6 Å². The highest BCUT2D eigenvalue weighted by molar-refractivity contribution is 6.03. The molecular weight excluding hydrogens is 336 g/mol. The third-order valence-corrected chi connectivity index (χ3v) is 5.45. The summed E-state index contributed by atoms with van der Waals surface area (Å²) in [7, 11) is 3.03. The van der Waals surface area contributed by atoms with E-state index in [4.69, 9.17) is 9.47 Å². The van der Waals surface area contributed by atoms with Crippen LogP contribution in [0.4, 0.5) is 0 Å². The number of likely N-dealkylation sites (tertiary alicyclic amines) is 2. The largest absolute Gasteiger partial charge is 0.496 e. The van der Waals surface area contributed by atoms with Crippen LogP contribution in [-0.2, 0) is 4.79 Å². The van der Waals surface area contributed by atoms with Gasteiger partial charge in [0.1, 0.15) is 22.6 Å². The van der Waals surface area contributed by atoms with Crippen LogP contribution in [0, 0.1) is 0 Å². The summed E-state index contributed by atoms with van der Waals surface area (Å²) in [6.45, 7) is 1.39. The lowest BCUT2D eigenvalue weighted by molar-refractivity contribution is -0.146. The minimum atomic E-state index is -0.823. The van der Waals surface area contributed by atoms with Crippen molar-refractivity contribution in [3.05, 3.63) is 23.8 Å². The molecule has 26 heavy (non-hydrogen) atoms. The molecule has 1 N–H and O–H groups in total. The SMILES string of the molecule is COc1cccc(OC)c1C(=O)N1CCCC12CCCN(CCO)C2=O. The molecule has 1 atom stereocenters. The Kier molecular flexibility index (Phi) is 5.36. The number of rotatable bonds is 5. The Morgan fingerprint density at radius 3 is 2.35 bits per heavy atom. The Hall–Kier alpha value is -2.28. The van der Waals surface area contributed by atoms with E-state index in [9.17, 15) is 14.7 Å². The van der Waals surface area contributed by atoms with Crippen molar-refractivity contribution in [1.29, 1.82) is 0 Å². The summed E-state index contributed by atoms with van der Waals surface area (Å²) in [6, 6.07) is 5.21. The first-order valence-electron chi connectivity index (χ1n) is 9.02. The van der Waals surface area contributed by atoms with Crippen LogP contribution in [0.2, 0.25) is 0 Å². The van der Waals surface area contributed by atoms with Crippen LogP contribution in [-0.4, -0.2) is 72.7 Å². The summed E-state index contributed by atoms with van der Waals surface area (Å²) in [4.78, 5) is 30.0. The van der Waals surface area contributed by atoms with Crippen molar-refractivity contribution in [2.75, 3.05) is 40.5 Å². The van der Waals surface area contributed by atoms with Crippen molar-refractivity contribution in [1.82, 2.24) is 9.80 Å². The van der Waals surface area contributed by atoms with E-state index in [2.05, 4.69) is 0 Å². The number of methoxy groups -OCH3 is 2. The molecule has 2 fully saturated rings. The minimum Gasteiger partial charge on any atom is -0.496 e. The molecule has 7 nitrogen and oxygen atoms in total. The van der Waals surface area contributed by atoms with E-state index < -0.39 is 5.54 Å². The van der Waals surface area contributed by atoms with Gasteiger partial charge in [-0.05, 0) is 37.8 Å². The molecule has 2 saturated heterocycles.